The van der Waals surface area contributed by atoms with Crippen molar-refractivity contribution in [2.45, 2.75) is 52.9 Å². The van der Waals surface area contributed by atoms with Gasteiger partial charge in [0.1, 0.15) is 0 Å². The summed E-state index contributed by atoms with van der Waals surface area (Å²) in [6, 6.07) is 4.35. The van der Waals surface area contributed by atoms with Gasteiger partial charge >= 0.3 is 0 Å². The van der Waals surface area contributed by atoms with Gasteiger partial charge in [0.05, 0.1) is 0 Å². The standard InChI is InChI=1S/C25H31N/c1-17-15-19-22-10-9-21(18-7-6-14-26-16-18)25(22,3)13-11-23(19)24(2)12-5-4-8-20(17)24/h5-9,12,14,16-17,19,22-23H,4,10-11,13,15H2,1-3H3. The highest BCUT2D eigenvalue weighted by molar-refractivity contribution is 5.72. The number of hydrogen-bond donors (Lipinski definition) is 0. The van der Waals surface area contributed by atoms with Gasteiger partial charge in [-0.3, -0.25) is 4.98 Å². The van der Waals surface area contributed by atoms with E-state index in [1.807, 2.05) is 6.20 Å². The molecule has 136 valence electrons. The lowest BCUT2D eigenvalue weighted by Crippen LogP contribution is -2.50. The molecule has 26 heavy (non-hydrogen) atoms. The fourth-order valence-electron chi connectivity index (χ4n) is 7.33. The molecule has 6 unspecified atom stereocenters. The summed E-state index contributed by atoms with van der Waals surface area (Å²) in [5.74, 6) is 3.20. The number of pyridine rings is 1. The first kappa shape index (κ1) is 16.5. The lowest BCUT2D eigenvalue weighted by atomic mass is 9.46. The van der Waals surface area contributed by atoms with Crippen LogP contribution in [0.2, 0.25) is 0 Å². The predicted octanol–water partition coefficient (Wildman–Crippen LogP) is 6.45. The molecule has 0 N–H and O–H groups in total. The molecule has 4 aliphatic carbocycles. The summed E-state index contributed by atoms with van der Waals surface area (Å²) in [5, 5.41) is 0. The van der Waals surface area contributed by atoms with Crippen LogP contribution in [0.3, 0.4) is 0 Å². The monoisotopic (exact) mass is 345 g/mol. The Morgan fingerprint density at radius 2 is 2.04 bits per heavy atom. The van der Waals surface area contributed by atoms with E-state index in [1.54, 1.807) is 11.1 Å². The quantitative estimate of drug-likeness (QED) is 0.533. The second-order valence-electron chi connectivity index (χ2n) is 9.65. The van der Waals surface area contributed by atoms with E-state index in [1.165, 1.54) is 31.2 Å². The Labute approximate surface area is 158 Å². The Morgan fingerprint density at radius 1 is 1.15 bits per heavy atom. The zero-order valence-corrected chi connectivity index (χ0v) is 16.4. The highest BCUT2D eigenvalue weighted by atomic mass is 14.6. The van der Waals surface area contributed by atoms with Crippen LogP contribution in [0, 0.1) is 34.5 Å². The van der Waals surface area contributed by atoms with Crippen molar-refractivity contribution < 1.29 is 0 Å². The van der Waals surface area contributed by atoms with Crippen molar-refractivity contribution in [1.29, 1.82) is 0 Å². The summed E-state index contributed by atoms with van der Waals surface area (Å²) in [7, 11) is 0. The lowest BCUT2D eigenvalue weighted by molar-refractivity contribution is -0.0111. The molecule has 6 atom stereocenters. The summed E-state index contributed by atoms with van der Waals surface area (Å²) in [6.07, 6.45) is 20.5. The Hall–Kier alpha value is -1.63. The molecular weight excluding hydrogens is 314 g/mol. The second kappa shape index (κ2) is 5.68. The van der Waals surface area contributed by atoms with Crippen LogP contribution in [0.5, 0.6) is 0 Å². The minimum atomic E-state index is 0.305. The van der Waals surface area contributed by atoms with Crippen LogP contribution in [-0.2, 0) is 0 Å². The molecule has 0 aromatic carbocycles. The number of rotatable bonds is 1. The molecular formula is C25H31N. The van der Waals surface area contributed by atoms with E-state index in [4.69, 9.17) is 0 Å². The fraction of sp³-hybridized carbons (Fsp3) is 0.560. The van der Waals surface area contributed by atoms with E-state index in [9.17, 15) is 0 Å². The van der Waals surface area contributed by atoms with Crippen molar-refractivity contribution in [3.63, 3.8) is 0 Å². The van der Waals surface area contributed by atoms with Gasteiger partial charge in [0.15, 0.2) is 0 Å². The van der Waals surface area contributed by atoms with Crippen molar-refractivity contribution >= 4 is 5.57 Å². The van der Waals surface area contributed by atoms with Gasteiger partial charge in [0.25, 0.3) is 0 Å². The van der Waals surface area contributed by atoms with Crippen molar-refractivity contribution in [1.82, 2.24) is 4.98 Å². The van der Waals surface area contributed by atoms with Gasteiger partial charge in [-0.25, -0.2) is 0 Å². The van der Waals surface area contributed by atoms with Crippen molar-refractivity contribution in [3.8, 4) is 0 Å². The maximum Gasteiger partial charge on any atom is 0.0343 e. The average Bonchev–Trinajstić information content (AvgIpc) is 3.00. The summed E-state index contributed by atoms with van der Waals surface area (Å²) in [5.41, 5.74) is 5.30. The normalized spacial score (nSPS) is 43.8. The maximum atomic E-state index is 4.40. The third kappa shape index (κ3) is 2.12. The first-order valence-corrected chi connectivity index (χ1v) is 10.5. The molecule has 4 aliphatic rings. The molecule has 1 aromatic rings. The smallest absolute Gasteiger partial charge is 0.0343 e. The molecule has 0 amide bonds. The molecule has 0 spiro atoms. The van der Waals surface area contributed by atoms with E-state index in [0.717, 1.165) is 30.1 Å². The first-order valence-electron chi connectivity index (χ1n) is 10.5. The fourth-order valence-corrected chi connectivity index (χ4v) is 7.33. The molecule has 1 heterocycles. The SMILES string of the molecule is CC1CC2C(CCC3(C)C(c4cccnc4)=CCC23)C2(C)C=CCC=C12. The minimum absolute atomic E-state index is 0.305. The molecule has 1 nitrogen and oxygen atoms in total. The highest BCUT2D eigenvalue weighted by Gasteiger charge is 2.57. The third-order valence-corrected chi connectivity index (χ3v) is 8.48. The molecule has 2 saturated carbocycles. The third-order valence-electron chi connectivity index (χ3n) is 8.48. The molecule has 0 aliphatic heterocycles. The van der Waals surface area contributed by atoms with E-state index in [-0.39, 0.29) is 0 Å². The van der Waals surface area contributed by atoms with Gasteiger partial charge in [-0.05, 0) is 78.4 Å². The van der Waals surface area contributed by atoms with Gasteiger partial charge in [0, 0.05) is 17.8 Å². The second-order valence-corrected chi connectivity index (χ2v) is 9.65. The molecule has 0 radical (unpaired) electrons. The number of nitrogens with zero attached hydrogens (tertiary/aromatic N) is 1. The van der Waals surface area contributed by atoms with Crippen molar-refractivity contribution in [2.24, 2.45) is 34.5 Å². The molecule has 1 heteroatoms. The Bertz CT molecular complexity index is 801. The largest absolute Gasteiger partial charge is 0.264 e. The van der Waals surface area contributed by atoms with Crippen molar-refractivity contribution in [2.75, 3.05) is 0 Å². The zero-order valence-electron chi connectivity index (χ0n) is 16.4. The van der Waals surface area contributed by atoms with Crippen LogP contribution in [0.4, 0.5) is 0 Å². The molecule has 1 aromatic heterocycles. The first-order chi connectivity index (χ1) is 12.5. The van der Waals surface area contributed by atoms with Gasteiger partial charge in [-0.15, -0.1) is 0 Å². The zero-order chi connectivity index (χ0) is 17.9. The van der Waals surface area contributed by atoms with Crippen LogP contribution in [0.15, 0.2) is 54.4 Å². The molecule has 2 fully saturated rings. The minimum Gasteiger partial charge on any atom is -0.264 e. The summed E-state index contributed by atoms with van der Waals surface area (Å²) >= 11 is 0. The van der Waals surface area contributed by atoms with Crippen LogP contribution in [0.25, 0.3) is 5.57 Å². The van der Waals surface area contributed by atoms with Crippen molar-refractivity contribution in [3.05, 3.63) is 60.0 Å². The highest BCUT2D eigenvalue weighted by Crippen LogP contribution is 2.66. The molecule has 0 bridgehead atoms. The number of allylic oxidation sites excluding steroid dienone is 6. The molecule has 0 saturated heterocycles. The number of aromatic nitrogens is 1. The summed E-state index contributed by atoms with van der Waals surface area (Å²) in [4.78, 5) is 4.40. The van der Waals surface area contributed by atoms with Gasteiger partial charge in [0.2, 0.25) is 0 Å². The molecule has 5 rings (SSSR count). The predicted molar refractivity (Wildman–Crippen MR) is 108 cm³/mol. The lowest BCUT2D eigenvalue weighted by Gasteiger charge is -2.58. The summed E-state index contributed by atoms with van der Waals surface area (Å²) in [6.45, 7) is 7.57. The Balaban J connectivity index is 1.52. The van der Waals surface area contributed by atoms with E-state index in [2.05, 4.69) is 68.4 Å². The van der Waals surface area contributed by atoms with Crippen LogP contribution in [-0.4, -0.2) is 4.98 Å². The van der Waals surface area contributed by atoms with Crippen LogP contribution in [0.1, 0.15) is 58.4 Å². The van der Waals surface area contributed by atoms with E-state index >= 15 is 0 Å². The van der Waals surface area contributed by atoms with E-state index < -0.39 is 0 Å². The number of fused-ring (bicyclic) bond motifs is 5. The van der Waals surface area contributed by atoms with Gasteiger partial charge < -0.3 is 0 Å². The summed E-state index contributed by atoms with van der Waals surface area (Å²) < 4.78 is 0. The van der Waals surface area contributed by atoms with Gasteiger partial charge in [-0.1, -0.05) is 56.7 Å². The van der Waals surface area contributed by atoms with Gasteiger partial charge in [-0.2, -0.15) is 0 Å². The Morgan fingerprint density at radius 3 is 2.85 bits per heavy atom. The maximum absolute atomic E-state index is 4.40. The van der Waals surface area contributed by atoms with Crippen LogP contribution < -0.4 is 0 Å². The number of hydrogen-bond acceptors (Lipinski definition) is 1. The average molecular weight is 346 g/mol. The van der Waals surface area contributed by atoms with Crippen LogP contribution >= 0.6 is 0 Å². The Kier molecular flexibility index (Phi) is 3.61. The van der Waals surface area contributed by atoms with E-state index in [0.29, 0.717) is 10.8 Å². The topological polar surface area (TPSA) is 12.9 Å².